The number of carbonyl (C=O) groups is 2. The topological polar surface area (TPSA) is 43.9 Å². The van der Waals surface area contributed by atoms with Crippen LogP contribution in [0.1, 0.15) is 362 Å². The van der Waals surface area contributed by atoms with E-state index in [0.29, 0.717) is 11.8 Å². The SMILES string of the molecule is CCCCCCCCCCCCN(CCCCCCCCCCCC)C(=O)CCCCCCCN(C)CCCCCCCC(=O)N(CCCCCCCCCCCC)CCCCCCCCCCCC. The second kappa shape index (κ2) is 58.8. The van der Waals surface area contributed by atoms with Crippen LogP contribution in [0, 0.1) is 0 Å². The van der Waals surface area contributed by atoms with Gasteiger partial charge in [0.2, 0.25) is 11.8 Å². The van der Waals surface area contributed by atoms with Gasteiger partial charge < -0.3 is 14.7 Å². The number of amides is 2. The van der Waals surface area contributed by atoms with Gasteiger partial charge in [-0.05, 0) is 71.5 Å². The normalized spacial score (nSPS) is 11.6. The molecular weight excluding hydrogens is 855 g/mol. The molecule has 0 saturated heterocycles. The van der Waals surface area contributed by atoms with Crippen molar-refractivity contribution < 1.29 is 9.59 Å². The molecule has 0 aliphatic rings. The molecule has 0 heterocycles. The minimum Gasteiger partial charge on any atom is -0.343 e. The number of unbranched alkanes of at least 4 members (excludes halogenated alkanes) is 44. The van der Waals surface area contributed by atoms with Crippen molar-refractivity contribution in [1.29, 1.82) is 0 Å². The molecule has 0 aromatic heterocycles. The minimum absolute atomic E-state index is 0.430. The summed E-state index contributed by atoms with van der Waals surface area (Å²) < 4.78 is 0. The van der Waals surface area contributed by atoms with Gasteiger partial charge in [0.25, 0.3) is 0 Å². The number of rotatable bonds is 60. The molecule has 5 heteroatoms. The molecule has 0 atom stereocenters. The van der Waals surface area contributed by atoms with E-state index >= 15 is 0 Å². The van der Waals surface area contributed by atoms with Crippen molar-refractivity contribution in [3.05, 3.63) is 0 Å². The van der Waals surface area contributed by atoms with Crippen molar-refractivity contribution in [1.82, 2.24) is 14.7 Å². The highest BCUT2D eigenvalue weighted by atomic mass is 16.2. The van der Waals surface area contributed by atoms with Crippen LogP contribution in [0.25, 0.3) is 0 Å². The van der Waals surface area contributed by atoms with Crippen LogP contribution >= 0.6 is 0 Å². The van der Waals surface area contributed by atoms with Gasteiger partial charge in [-0.15, -0.1) is 0 Å². The first kappa shape index (κ1) is 68.9. The summed E-state index contributed by atoms with van der Waals surface area (Å²) in [7, 11) is 2.30. The predicted octanol–water partition coefficient (Wildman–Crippen LogP) is 20.9. The summed E-state index contributed by atoms with van der Waals surface area (Å²) in [6.45, 7) is 15.5. The van der Waals surface area contributed by atoms with Crippen molar-refractivity contribution >= 4 is 11.8 Å². The molecular formula is C65H131N3O2. The zero-order valence-electron chi connectivity index (χ0n) is 49.2. The average molecular weight is 987 g/mol. The van der Waals surface area contributed by atoms with E-state index in [2.05, 4.69) is 49.4 Å². The van der Waals surface area contributed by atoms with Gasteiger partial charge in [0, 0.05) is 39.0 Å². The van der Waals surface area contributed by atoms with Crippen molar-refractivity contribution in [3.63, 3.8) is 0 Å². The standard InChI is InChI=1S/C65H131N3O2/c1-6-10-14-18-22-26-30-34-44-52-60-67(61-53-45-35-31-27-23-19-15-11-7-2)64(69)56-48-40-38-42-50-58-66(5)59-51-43-39-41-49-57-65(70)68(62-54-46-36-32-28-24-20-16-12-8-3)63-55-47-37-33-29-25-21-17-13-9-4/h6-63H2,1-5H3. The Kier molecular flexibility index (Phi) is 57.9. The van der Waals surface area contributed by atoms with Crippen LogP contribution in [0.15, 0.2) is 0 Å². The average Bonchev–Trinajstić information content (AvgIpc) is 3.36. The van der Waals surface area contributed by atoms with E-state index < -0.39 is 0 Å². The molecule has 0 saturated carbocycles. The lowest BCUT2D eigenvalue weighted by Gasteiger charge is -2.23. The van der Waals surface area contributed by atoms with Crippen molar-refractivity contribution in [2.75, 3.05) is 46.3 Å². The molecule has 0 N–H and O–H groups in total. The van der Waals surface area contributed by atoms with Gasteiger partial charge >= 0.3 is 0 Å². The van der Waals surface area contributed by atoms with Gasteiger partial charge in [-0.2, -0.15) is 0 Å². The van der Waals surface area contributed by atoms with Crippen LogP contribution < -0.4 is 0 Å². The van der Waals surface area contributed by atoms with Crippen molar-refractivity contribution in [3.8, 4) is 0 Å². The van der Waals surface area contributed by atoms with Crippen LogP contribution in [0.5, 0.6) is 0 Å². The molecule has 0 fully saturated rings. The van der Waals surface area contributed by atoms with Crippen LogP contribution in [0.4, 0.5) is 0 Å². The molecule has 0 unspecified atom stereocenters. The van der Waals surface area contributed by atoms with E-state index in [-0.39, 0.29) is 0 Å². The quantitative estimate of drug-likeness (QED) is 0.0571. The van der Waals surface area contributed by atoms with Gasteiger partial charge in [-0.1, -0.05) is 297 Å². The fourth-order valence-corrected chi connectivity index (χ4v) is 10.7. The maximum atomic E-state index is 13.4. The molecule has 70 heavy (non-hydrogen) atoms. The molecule has 0 aromatic carbocycles. The zero-order chi connectivity index (χ0) is 50.9. The predicted molar refractivity (Wildman–Crippen MR) is 313 cm³/mol. The Hall–Kier alpha value is -1.10. The first-order chi connectivity index (χ1) is 34.5. The maximum Gasteiger partial charge on any atom is 0.222 e. The lowest BCUT2D eigenvalue weighted by molar-refractivity contribution is -0.132. The Morgan fingerprint density at radius 2 is 0.371 bits per heavy atom. The third kappa shape index (κ3) is 51.8. The van der Waals surface area contributed by atoms with Gasteiger partial charge in [-0.3, -0.25) is 9.59 Å². The molecule has 0 spiro atoms. The molecule has 0 aromatic rings. The van der Waals surface area contributed by atoms with Crippen LogP contribution in [-0.2, 0) is 9.59 Å². The molecule has 5 nitrogen and oxygen atoms in total. The molecule has 0 aliphatic carbocycles. The van der Waals surface area contributed by atoms with Gasteiger partial charge in [-0.25, -0.2) is 0 Å². The Morgan fingerprint density at radius 1 is 0.214 bits per heavy atom. The fraction of sp³-hybridized carbons (Fsp3) is 0.969. The number of nitrogens with zero attached hydrogens (tertiary/aromatic N) is 3. The van der Waals surface area contributed by atoms with E-state index in [0.717, 1.165) is 51.9 Å². The lowest BCUT2D eigenvalue weighted by Crippen LogP contribution is -2.32. The van der Waals surface area contributed by atoms with Gasteiger partial charge in [0.1, 0.15) is 0 Å². The lowest BCUT2D eigenvalue weighted by atomic mass is 10.1. The number of hydrogen-bond acceptors (Lipinski definition) is 3. The van der Waals surface area contributed by atoms with Crippen LogP contribution in [0.2, 0.25) is 0 Å². The third-order valence-corrected chi connectivity index (χ3v) is 15.7. The minimum atomic E-state index is 0.430. The monoisotopic (exact) mass is 986 g/mol. The van der Waals surface area contributed by atoms with Crippen molar-refractivity contribution in [2.24, 2.45) is 0 Å². The largest absolute Gasteiger partial charge is 0.343 e. The molecule has 0 bridgehead atoms. The second-order valence-corrected chi connectivity index (χ2v) is 22.8. The van der Waals surface area contributed by atoms with E-state index in [1.165, 1.54) is 321 Å². The highest BCUT2D eigenvalue weighted by Gasteiger charge is 2.14. The summed E-state index contributed by atoms with van der Waals surface area (Å²) in [5.74, 6) is 0.860. The summed E-state index contributed by atoms with van der Waals surface area (Å²) in [4.78, 5) is 33.9. The second-order valence-electron chi connectivity index (χ2n) is 22.8. The smallest absolute Gasteiger partial charge is 0.222 e. The van der Waals surface area contributed by atoms with E-state index in [1.807, 2.05) is 0 Å². The molecule has 418 valence electrons. The summed E-state index contributed by atoms with van der Waals surface area (Å²) >= 11 is 0. The Labute approximate surface area is 442 Å². The Bertz CT molecular complexity index is 893. The van der Waals surface area contributed by atoms with Crippen molar-refractivity contribution in [2.45, 2.75) is 362 Å². The van der Waals surface area contributed by atoms with Gasteiger partial charge in [0.05, 0.1) is 0 Å². The summed E-state index contributed by atoms with van der Waals surface area (Å²) in [6.07, 6.45) is 67.7. The molecule has 0 aliphatic heterocycles. The maximum absolute atomic E-state index is 13.4. The zero-order valence-corrected chi connectivity index (χ0v) is 49.2. The Morgan fingerprint density at radius 3 is 0.571 bits per heavy atom. The van der Waals surface area contributed by atoms with Crippen LogP contribution in [-0.4, -0.2) is 72.8 Å². The summed E-state index contributed by atoms with van der Waals surface area (Å²) in [6, 6.07) is 0. The molecule has 0 radical (unpaired) electrons. The van der Waals surface area contributed by atoms with E-state index in [4.69, 9.17) is 0 Å². The highest BCUT2D eigenvalue weighted by Crippen LogP contribution is 2.18. The first-order valence-electron chi connectivity index (χ1n) is 32.7. The summed E-state index contributed by atoms with van der Waals surface area (Å²) in [5, 5.41) is 0. The van der Waals surface area contributed by atoms with Crippen LogP contribution in [0.3, 0.4) is 0 Å². The van der Waals surface area contributed by atoms with E-state index in [9.17, 15) is 9.59 Å². The Balaban J connectivity index is 4.32. The molecule has 2 amide bonds. The highest BCUT2D eigenvalue weighted by molar-refractivity contribution is 5.76. The fourth-order valence-electron chi connectivity index (χ4n) is 10.7. The van der Waals surface area contributed by atoms with Gasteiger partial charge in [0.15, 0.2) is 0 Å². The summed E-state index contributed by atoms with van der Waals surface area (Å²) in [5.41, 5.74) is 0. The molecule has 0 rings (SSSR count). The number of hydrogen-bond donors (Lipinski definition) is 0. The third-order valence-electron chi connectivity index (χ3n) is 15.7. The number of carbonyl (C=O) groups excluding carboxylic acids is 2. The first-order valence-corrected chi connectivity index (χ1v) is 32.7. The van der Waals surface area contributed by atoms with E-state index in [1.54, 1.807) is 0 Å².